The van der Waals surface area contributed by atoms with E-state index in [9.17, 15) is 0 Å². The van der Waals surface area contributed by atoms with E-state index in [1.165, 1.54) is 10.4 Å². The second kappa shape index (κ2) is 3.24. The highest BCUT2D eigenvalue weighted by atomic mass is 16.5. The number of hydrogen-bond donors (Lipinski definition) is 0. The summed E-state index contributed by atoms with van der Waals surface area (Å²) in [7, 11) is 1.72. The molecule has 0 spiro atoms. The Hall–Kier alpha value is -2.02. The van der Waals surface area contributed by atoms with Crippen LogP contribution >= 0.6 is 0 Å². The predicted octanol–water partition coefficient (Wildman–Crippen LogP) is 1.50. The molecule has 0 radical (unpaired) electrons. The van der Waals surface area contributed by atoms with Crippen LogP contribution in [0.1, 0.15) is 5.56 Å². The highest BCUT2D eigenvalue weighted by molar-refractivity contribution is 5.64. The molecule has 2 aromatic carbocycles. The fourth-order valence-electron chi connectivity index (χ4n) is 2.37. The molecular weight excluding hydrogens is 196 g/mol. The van der Waals surface area contributed by atoms with Crippen LogP contribution in [0.5, 0.6) is 0 Å². The standard InChI is InChI=1S/C15H12O/c1-10-6-5-9-13-14(10)11-7-3-4-8-12(11)15(13)16-2/h3-9H,1H2,2H3. The molecule has 1 nitrogen and oxygen atoms in total. The Balaban J connectivity index is 2.71. The number of methoxy groups -OCH3 is 1. The number of rotatable bonds is 1. The van der Waals surface area contributed by atoms with Gasteiger partial charge in [-0.2, -0.15) is 0 Å². The van der Waals surface area contributed by atoms with Crippen molar-refractivity contribution in [2.45, 2.75) is 0 Å². The lowest BCUT2D eigenvalue weighted by Gasteiger charge is -2.02. The van der Waals surface area contributed by atoms with E-state index in [0.29, 0.717) is 0 Å². The van der Waals surface area contributed by atoms with E-state index in [1.807, 2.05) is 24.3 Å². The van der Waals surface area contributed by atoms with E-state index in [1.54, 1.807) is 7.11 Å². The maximum absolute atomic E-state index is 5.51. The summed E-state index contributed by atoms with van der Waals surface area (Å²) in [6.45, 7) is 4.09. The molecule has 0 aromatic heterocycles. The highest BCUT2D eigenvalue weighted by Gasteiger charge is 2.12. The minimum atomic E-state index is 0.955. The maximum atomic E-state index is 5.51. The Bertz CT molecular complexity index is 757. The Labute approximate surface area is 93.6 Å². The van der Waals surface area contributed by atoms with Crippen LogP contribution in [0.3, 0.4) is 0 Å². The number of ether oxygens (including phenoxy) is 1. The minimum Gasteiger partial charge on any atom is -0.495 e. The molecule has 0 saturated carbocycles. The largest absolute Gasteiger partial charge is 0.495 e. The SMILES string of the molecule is C=c1cccc2c1=c1ccccc1=C2OC. The van der Waals surface area contributed by atoms with E-state index in [4.69, 9.17) is 4.74 Å². The molecule has 0 amide bonds. The van der Waals surface area contributed by atoms with Crippen molar-refractivity contribution in [2.75, 3.05) is 7.11 Å². The quantitative estimate of drug-likeness (QED) is 0.690. The van der Waals surface area contributed by atoms with Gasteiger partial charge in [0.1, 0.15) is 5.76 Å². The summed E-state index contributed by atoms with van der Waals surface area (Å²) in [5.41, 5.74) is 1.15. The van der Waals surface area contributed by atoms with Crippen LogP contribution in [0.2, 0.25) is 0 Å². The first-order valence-corrected chi connectivity index (χ1v) is 5.29. The third kappa shape index (κ3) is 1.06. The van der Waals surface area contributed by atoms with Gasteiger partial charge in [0.2, 0.25) is 0 Å². The lowest BCUT2D eigenvalue weighted by atomic mass is 10.1. The molecule has 16 heavy (non-hydrogen) atoms. The van der Waals surface area contributed by atoms with Crippen LogP contribution in [0.4, 0.5) is 0 Å². The molecule has 0 saturated heterocycles. The van der Waals surface area contributed by atoms with Crippen molar-refractivity contribution >= 4 is 12.3 Å². The Morgan fingerprint density at radius 1 is 0.938 bits per heavy atom. The molecule has 0 bridgehead atoms. The van der Waals surface area contributed by atoms with Gasteiger partial charge >= 0.3 is 0 Å². The van der Waals surface area contributed by atoms with Gasteiger partial charge in [0.15, 0.2) is 0 Å². The summed E-state index contributed by atoms with van der Waals surface area (Å²) in [5, 5.41) is 4.64. The molecule has 1 aliphatic rings. The molecule has 2 aromatic rings. The summed E-state index contributed by atoms with van der Waals surface area (Å²) >= 11 is 0. The maximum Gasteiger partial charge on any atom is 0.134 e. The molecular formula is C15H12O. The molecule has 0 heterocycles. The minimum absolute atomic E-state index is 0.955. The number of fused-ring (bicyclic) bond motifs is 2. The number of benzene rings is 2. The fraction of sp³-hybridized carbons (Fsp3) is 0.0667. The zero-order valence-corrected chi connectivity index (χ0v) is 9.16. The van der Waals surface area contributed by atoms with Crippen molar-refractivity contribution in [3.63, 3.8) is 0 Å². The molecule has 78 valence electrons. The summed E-state index contributed by atoms with van der Waals surface area (Å²) in [6.07, 6.45) is 0. The van der Waals surface area contributed by atoms with E-state index in [0.717, 1.165) is 21.8 Å². The van der Waals surface area contributed by atoms with Crippen molar-refractivity contribution in [3.8, 4) is 0 Å². The van der Waals surface area contributed by atoms with Crippen molar-refractivity contribution in [2.24, 2.45) is 0 Å². The Morgan fingerprint density at radius 2 is 1.69 bits per heavy atom. The lowest BCUT2D eigenvalue weighted by molar-refractivity contribution is 0.368. The average Bonchev–Trinajstić information content (AvgIpc) is 2.64. The first-order chi connectivity index (χ1) is 7.83. The summed E-state index contributed by atoms with van der Waals surface area (Å²) < 4.78 is 5.51. The van der Waals surface area contributed by atoms with E-state index in [-0.39, 0.29) is 0 Å². The van der Waals surface area contributed by atoms with Gasteiger partial charge in [0.05, 0.1) is 7.11 Å². The van der Waals surface area contributed by atoms with Crippen LogP contribution in [-0.4, -0.2) is 7.11 Å². The summed E-state index contributed by atoms with van der Waals surface area (Å²) in [6, 6.07) is 14.4. The molecule has 1 aliphatic carbocycles. The van der Waals surface area contributed by atoms with Crippen molar-refractivity contribution in [1.29, 1.82) is 0 Å². The topological polar surface area (TPSA) is 9.23 Å². The van der Waals surface area contributed by atoms with Gasteiger partial charge in [-0.1, -0.05) is 49.0 Å². The molecule has 0 aliphatic heterocycles. The summed E-state index contributed by atoms with van der Waals surface area (Å²) in [5.74, 6) is 0.955. The van der Waals surface area contributed by atoms with Gasteiger partial charge < -0.3 is 4.74 Å². The van der Waals surface area contributed by atoms with Crippen molar-refractivity contribution in [1.82, 2.24) is 0 Å². The second-order valence-electron chi connectivity index (χ2n) is 3.92. The average molecular weight is 208 g/mol. The van der Waals surface area contributed by atoms with Gasteiger partial charge in [-0.3, -0.25) is 0 Å². The highest BCUT2D eigenvalue weighted by Crippen LogP contribution is 2.16. The van der Waals surface area contributed by atoms with Crippen LogP contribution in [-0.2, 0) is 4.74 Å². The normalized spacial score (nSPS) is 12.2. The molecule has 0 unspecified atom stereocenters. The van der Waals surface area contributed by atoms with Gasteiger partial charge in [0.25, 0.3) is 0 Å². The lowest BCUT2D eigenvalue weighted by Crippen LogP contribution is -2.05. The Kier molecular flexibility index (Phi) is 1.87. The van der Waals surface area contributed by atoms with Crippen molar-refractivity contribution < 1.29 is 4.74 Å². The van der Waals surface area contributed by atoms with Crippen LogP contribution in [0.15, 0.2) is 42.5 Å². The zero-order valence-electron chi connectivity index (χ0n) is 9.16. The molecule has 0 fully saturated rings. The van der Waals surface area contributed by atoms with Gasteiger partial charge in [-0.05, 0) is 10.4 Å². The van der Waals surface area contributed by atoms with Crippen LogP contribution < -0.4 is 10.4 Å². The van der Waals surface area contributed by atoms with Crippen LogP contribution in [0.25, 0.3) is 12.3 Å². The van der Waals surface area contributed by atoms with Gasteiger partial charge in [0, 0.05) is 16.0 Å². The van der Waals surface area contributed by atoms with Gasteiger partial charge in [-0.25, -0.2) is 0 Å². The van der Waals surface area contributed by atoms with Crippen molar-refractivity contribution in [3.05, 3.63) is 68.9 Å². The molecule has 3 rings (SSSR count). The second-order valence-corrected chi connectivity index (χ2v) is 3.92. The molecule has 1 heteroatoms. The smallest absolute Gasteiger partial charge is 0.134 e. The fourth-order valence-corrected chi connectivity index (χ4v) is 2.37. The molecule has 0 N–H and O–H groups in total. The first-order valence-electron chi connectivity index (χ1n) is 5.29. The van der Waals surface area contributed by atoms with Crippen LogP contribution in [0, 0.1) is 10.4 Å². The third-order valence-electron chi connectivity index (χ3n) is 3.04. The number of hydrogen-bond acceptors (Lipinski definition) is 1. The van der Waals surface area contributed by atoms with Gasteiger partial charge in [-0.15, -0.1) is 0 Å². The summed E-state index contributed by atoms with van der Waals surface area (Å²) in [4.78, 5) is 0. The zero-order chi connectivity index (χ0) is 11.1. The monoisotopic (exact) mass is 208 g/mol. The van der Waals surface area contributed by atoms with E-state index < -0.39 is 0 Å². The molecule has 0 atom stereocenters. The third-order valence-corrected chi connectivity index (χ3v) is 3.04. The Morgan fingerprint density at radius 3 is 2.44 bits per heavy atom. The van der Waals surface area contributed by atoms with E-state index >= 15 is 0 Å². The first kappa shape index (κ1) is 9.22. The van der Waals surface area contributed by atoms with E-state index in [2.05, 4.69) is 24.8 Å². The predicted molar refractivity (Wildman–Crippen MR) is 64.8 cm³/mol.